The molecule has 1 atom stereocenters. The molecule has 2 amide bonds. The van der Waals surface area contributed by atoms with Gasteiger partial charge in [-0.05, 0) is 41.0 Å². The summed E-state index contributed by atoms with van der Waals surface area (Å²) in [7, 11) is 4.62. The van der Waals surface area contributed by atoms with E-state index >= 15 is 0 Å². The van der Waals surface area contributed by atoms with E-state index < -0.39 is 6.04 Å². The molecule has 190 valence electrons. The van der Waals surface area contributed by atoms with Crippen LogP contribution >= 0.6 is 0 Å². The van der Waals surface area contributed by atoms with E-state index in [2.05, 4.69) is 5.32 Å². The van der Waals surface area contributed by atoms with Crippen LogP contribution in [0.5, 0.6) is 11.5 Å². The highest BCUT2D eigenvalue weighted by molar-refractivity contribution is 5.89. The SMILES string of the molecule is COCCNC(=O)[C@@H](c1ccccc1)N(Cc1ccc(F)cc1)C(=O)Cc1ccc(OC)c(OC)c1. The van der Waals surface area contributed by atoms with Gasteiger partial charge in [0.25, 0.3) is 0 Å². The molecule has 3 aromatic rings. The topological polar surface area (TPSA) is 77.1 Å². The number of rotatable bonds is 12. The van der Waals surface area contributed by atoms with Crippen molar-refractivity contribution in [3.8, 4) is 11.5 Å². The van der Waals surface area contributed by atoms with E-state index in [1.54, 1.807) is 44.6 Å². The Labute approximate surface area is 210 Å². The number of nitrogens with one attached hydrogen (secondary N) is 1. The highest BCUT2D eigenvalue weighted by Gasteiger charge is 2.31. The van der Waals surface area contributed by atoms with E-state index in [0.717, 1.165) is 0 Å². The lowest BCUT2D eigenvalue weighted by atomic mass is 10.0. The second-order valence-corrected chi connectivity index (χ2v) is 8.11. The predicted molar refractivity (Wildman–Crippen MR) is 134 cm³/mol. The number of amides is 2. The lowest BCUT2D eigenvalue weighted by Gasteiger charge is -2.32. The van der Waals surface area contributed by atoms with Crippen LogP contribution in [0, 0.1) is 5.82 Å². The van der Waals surface area contributed by atoms with Gasteiger partial charge >= 0.3 is 0 Å². The largest absolute Gasteiger partial charge is 0.493 e. The van der Waals surface area contributed by atoms with Crippen LogP contribution in [0.4, 0.5) is 4.39 Å². The minimum Gasteiger partial charge on any atom is -0.493 e. The molecular weight excluding hydrogens is 463 g/mol. The number of halogens is 1. The first-order valence-corrected chi connectivity index (χ1v) is 11.5. The molecule has 0 aromatic heterocycles. The van der Waals surface area contributed by atoms with E-state index in [-0.39, 0.29) is 30.6 Å². The number of ether oxygens (including phenoxy) is 3. The fourth-order valence-electron chi connectivity index (χ4n) is 3.86. The molecule has 0 spiro atoms. The Kier molecular flexibility index (Phi) is 9.82. The fourth-order valence-corrected chi connectivity index (χ4v) is 3.86. The van der Waals surface area contributed by atoms with Crippen molar-refractivity contribution in [1.82, 2.24) is 10.2 Å². The van der Waals surface area contributed by atoms with Crippen LogP contribution in [0.2, 0.25) is 0 Å². The van der Waals surface area contributed by atoms with Crippen LogP contribution in [0.25, 0.3) is 0 Å². The summed E-state index contributed by atoms with van der Waals surface area (Å²) in [5, 5.41) is 2.86. The molecule has 0 saturated heterocycles. The molecule has 1 N–H and O–H groups in total. The molecule has 0 unspecified atom stereocenters. The van der Waals surface area contributed by atoms with Crippen LogP contribution in [-0.2, 0) is 27.3 Å². The highest BCUT2D eigenvalue weighted by Crippen LogP contribution is 2.29. The van der Waals surface area contributed by atoms with Crippen molar-refractivity contribution in [1.29, 1.82) is 0 Å². The third-order valence-corrected chi connectivity index (χ3v) is 5.67. The second kappa shape index (κ2) is 13.3. The quantitative estimate of drug-likeness (QED) is 0.386. The second-order valence-electron chi connectivity index (χ2n) is 8.11. The number of benzene rings is 3. The van der Waals surface area contributed by atoms with Crippen molar-refractivity contribution in [2.75, 3.05) is 34.5 Å². The normalized spacial score (nSPS) is 11.4. The standard InChI is InChI=1S/C28H31FN2O5/c1-34-16-15-30-28(33)27(22-7-5-4-6-8-22)31(19-20-9-12-23(29)13-10-20)26(32)18-21-11-14-24(35-2)25(17-21)36-3/h4-14,17,27H,15-16,18-19H2,1-3H3,(H,30,33)/t27-/m1/s1. The lowest BCUT2D eigenvalue weighted by Crippen LogP contribution is -2.44. The Morgan fingerprint density at radius 1 is 0.889 bits per heavy atom. The van der Waals surface area contributed by atoms with Gasteiger partial charge in [0.05, 0.1) is 27.2 Å². The van der Waals surface area contributed by atoms with Gasteiger partial charge in [-0.2, -0.15) is 0 Å². The predicted octanol–water partition coefficient (Wildman–Crippen LogP) is 3.92. The molecular formula is C28H31FN2O5. The number of carbonyl (C=O) groups excluding carboxylic acids is 2. The summed E-state index contributed by atoms with van der Waals surface area (Å²) in [6.45, 7) is 0.751. The molecule has 0 aliphatic carbocycles. The van der Waals surface area contributed by atoms with Crippen molar-refractivity contribution < 1.29 is 28.2 Å². The lowest BCUT2D eigenvalue weighted by molar-refractivity contribution is -0.141. The van der Waals surface area contributed by atoms with Gasteiger partial charge in [-0.25, -0.2) is 4.39 Å². The smallest absolute Gasteiger partial charge is 0.247 e. The number of methoxy groups -OCH3 is 3. The number of nitrogens with zero attached hydrogens (tertiary/aromatic N) is 1. The first-order chi connectivity index (χ1) is 17.5. The van der Waals surface area contributed by atoms with E-state index in [4.69, 9.17) is 14.2 Å². The summed E-state index contributed by atoms with van der Waals surface area (Å²) in [5.41, 5.74) is 2.06. The van der Waals surface area contributed by atoms with Gasteiger partial charge in [-0.1, -0.05) is 48.5 Å². The van der Waals surface area contributed by atoms with Crippen LogP contribution in [0.1, 0.15) is 22.7 Å². The van der Waals surface area contributed by atoms with Crippen LogP contribution in [0.3, 0.4) is 0 Å². The van der Waals surface area contributed by atoms with Gasteiger partial charge < -0.3 is 24.4 Å². The monoisotopic (exact) mass is 494 g/mol. The Morgan fingerprint density at radius 3 is 2.19 bits per heavy atom. The Hall–Kier alpha value is -3.91. The van der Waals surface area contributed by atoms with E-state index in [0.29, 0.717) is 41.3 Å². The molecule has 7 nitrogen and oxygen atoms in total. The zero-order chi connectivity index (χ0) is 25.9. The summed E-state index contributed by atoms with van der Waals surface area (Å²) >= 11 is 0. The number of hydrogen-bond acceptors (Lipinski definition) is 5. The van der Waals surface area contributed by atoms with Gasteiger partial charge in [0.15, 0.2) is 11.5 Å². The van der Waals surface area contributed by atoms with Gasteiger partial charge in [0.2, 0.25) is 11.8 Å². The minimum atomic E-state index is -0.902. The summed E-state index contributed by atoms with van der Waals surface area (Å²) in [5.74, 6) is 0.0727. The van der Waals surface area contributed by atoms with Crippen LogP contribution in [-0.4, -0.2) is 51.2 Å². The van der Waals surface area contributed by atoms with Crippen LogP contribution < -0.4 is 14.8 Å². The zero-order valence-electron chi connectivity index (χ0n) is 20.7. The summed E-state index contributed by atoms with van der Waals surface area (Å²) in [4.78, 5) is 28.7. The Morgan fingerprint density at radius 2 is 1.56 bits per heavy atom. The van der Waals surface area contributed by atoms with Gasteiger partial charge in [0, 0.05) is 20.2 Å². The molecule has 0 saturated carbocycles. The summed E-state index contributed by atoms with van der Waals surface area (Å²) in [6, 6.07) is 19.3. The third kappa shape index (κ3) is 7.05. The molecule has 0 heterocycles. The van der Waals surface area contributed by atoms with Crippen molar-refractivity contribution in [3.05, 3.63) is 95.3 Å². The number of carbonyl (C=O) groups is 2. The average molecular weight is 495 g/mol. The fraction of sp³-hybridized carbons (Fsp3) is 0.286. The summed E-state index contributed by atoms with van der Waals surface area (Å²) in [6.07, 6.45) is 0.0240. The van der Waals surface area contributed by atoms with Gasteiger partial charge in [0.1, 0.15) is 11.9 Å². The number of hydrogen-bond donors (Lipinski definition) is 1. The van der Waals surface area contributed by atoms with Crippen molar-refractivity contribution in [2.24, 2.45) is 0 Å². The molecule has 0 radical (unpaired) electrons. The molecule has 36 heavy (non-hydrogen) atoms. The first-order valence-electron chi connectivity index (χ1n) is 11.5. The van der Waals surface area contributed by atoms with Crippen molar-refractivity contribution in [2.45, 2.75) is 19.0 Å². The molecule has 0 aliphatic heterocycles. The molecule has 8 heteroatoms. The maximum atomic E-state index is 13.8. The third-order valence-electron chi connectivity index (χ3n) is 5.67. The van der Waals surface area contributed by atoms with Crippen molar-refractivity contribution in [3.63, 3.8) is 0 Å². The van der Waals surface area contributed by atoms with E-state index in [1.165, 1.54) is 24.1 Å². The molecule has 0 fully saturated rings. The molecule has 3 rings (SSSR count). The highest BCUT2D eigenvalue weighted by atomic mass is 19.1. The Balaban J connectivity index is 1.98. The van der Waals surface area contributed by atoms with Gasteiger partial charge in [-0.15, -0.1) is 0 Å². The maximum Gasteiger partial charge on any atom is 0.247 e. The maximum absolute atomic E-state index is 13.8. The van der Waals surface area contributed by atoms with E-state index in [1.807, 2.05) is 30.3 Å². The van der Waals surface area contributed by atoms with E-state index in [9.17, 15) is 14.0 Å². The zero-order valence-corrected chi connectivity index (χ0v) is 20.7. The molecule has 0 bridgehead atoms. The Bertz CT molecular complexity index is 1140. The average Bonchev–Trinajstić information content (AvgIpc) is 2.90. The van der Waals surface area contributed by atoms with Gasteiger partial charge in [-0.3, -0.25) is 9.59 Å². The van der Waals surface area contributed by atoms with Crippen LogP contribution in [0.15, 0.2) is 72.8 Å². The van der Waals surface area contributed by atoms with Crippen molar-refractivity contribution >= 4 is 11.8 Å². The minimum absolute atomic E-state index is 0.0240. The molecule has 0 aliphatic rings. The first kappa shape index (κ1) is 26.7. The summed E-state index contributed by atoms with van der Waals surface area (Å²) < 4.78 is 29.3. The molecule has 3 aromatic carbocycles.